The molecule has 128 valence electrons. The number of thiophene rings is 1. The monoisotopic (exact) mass is 364 g/mol. The molecule has 2 aliphatic heterocycles. The number of carbonyl (C=O) groups excluding carboxylic acids is 1. The maximum atomic E-state index is 12.9. The molecule has 7 heteroatoms. The Bertz CT molecular complexity index is 862. The van der Waals surface area contributed by atoms with Gasteiger partial charge in [-0.2, -0.15) is 4.31 Å². The Morgan fingerprint density at radius 2 is 1.88 bits per heavy atom. The fraction of sp³-hybridized carbons (Fsp3) is 0.471. The fourth-order valence-electron chi connectivity index (χ4n) is 3.85. The Kier molecular flexibility index (Phi) is 3.71. The van der Waals surface area contributed by atoms with Gasteiger partial charge in [0.15, 0.2) is 0 Å². The van der Waals surface area contributed by atoms with Crippen LogP contribution < -0.4 is 0 Å². The van der Waals surface area contributed by atoms with Gasteiger partial charge in [0.25, 0.3) is 10.0 Å². The quantitative estimate of drug-likeness (QED) is 0.823. The van der Waals surface area contributed by atoms with Gasteiger partial charge in [-0.05, 0) is 35.8 Å². The smallest absolute Gasteiger partial charge is 0.252 e. The van der Waals surface area contributed by atoms with E-state index in [9.17, 15) is 13.2 Å². The zero-order valence-corrected chi connectivity index (χ0v) is 15.2. The zero-order chi connectivity index (χ0) is 16.9. The number of likely N-dealkylation sites (tertiary alicyclic amines) is 1. The number of nitrogens with zero attached hydrogens (tertiary/aromatic N) is 2. The van der Waals surface area contributed by atoms with Crippen LogP contribution in [0.3, 0.4) is 0 Å². The molecule has 0 saturated carbocycles. The van der Waals surface area contributed by atoms with Gasteiger partial charge < -0.3 is 4.90 Å². The number of carbonyl (C=O) groups is 1. The predicted octanol–water partition coefficient (Wildman–Crippen LogP) is 2.53. The third-order valence-corrected chi connectivity index (χ3v) is 8.77. The van der Waals surface area contributed by atoms with Crippen molar-refractivity contribution in [3.05, 3.63) is 30.3 Å². The van der Waals surface area contributed by atoms with Crippen molar-refractivity contribution in [2.45, 2.75) is 23.5 Å². The van der Waals surface area contributed by atoms with Gasteiger partial charge >= 0.3 is 0 Å². The first-order valence-corrected chi connectivity index (χ1v) is 10.4. The molecule has 1 amide bonds. The second-order valence-corrected chi connectivity index (χ2v) is 10.2. The predicted molar refractivity (Wildman–Crippen MR) is 94.5 cm³/mol. The summed E-state index contributed by atoms with van der Waals surface area (Å²) < 4.78 is 28.9. The van der Waals surface area contributed by atoms with E-state index in [4.69, 9.17) is 0 Å². The van der Waals surface area contributed by atoms with Crippen LogP contribution in [0.5, 0.6) is 0 Å². The van der Waals surface area contributed by atoms with Crippen LogP contribution in [0.2, 0.25) is 0 Å². The fourth-order valence-corrected chi connectivity index (χ4v) is 6.85. The minimum Gasteiger partial charge on any atom is -0.345 e. The third kappa shape index (κ3) is 2.55. The molecule has 0 N–H and O–H groups in total. The molecule has 24 heavy (non-hydrogen) atoms. The van der Waals surface area contributed by atoms with E-state index in [1.54, 1.807) is 15.3 Å². The molecule has 2 saturated heterocycles. The Hall–Kier alpha value is -1.44. The van der Waals surface area contributed by atoms with Crippen molar-refractivity contribution in [2.75, 3.05) is 26.7 Å². The van der Waals surface area contributed by atoms with Crippen molar-refractivity contribution in [3.63, 3.8) is 0 Å². The summed E-state index contributed by atoms with van der Waals surface area (Å²) in [6, 6.07) is 9.50. The van der Waals surface area contributed by atoms with Crippen molar-refractivity contribution < 1.29 is 13.2 Å². The van der Waals surface area contributed by atoms with Crippen LogP contribution in [0.15, 0.2) is 34.5 Å². The van der Waals surface area contributed by atoms with Gasteiger partial charge in [-0.25, -0.2) is 8.42 Å². The number of benzene rings is 1. The molecular formula is C17H20N2O3S2. The Labute approximate surface area is 145 Å². The van der Waals surface area contributed by atoms with Crippen LogP contribution in [0.1, 0.15) is 19.3 Å². The van der Waals surface area contributed by atoms with Crippen molar-refractivity contribution in [3.8, 4) is 0 Å². The molecule has 2 fully saturated rings. The number of hydrogen-bond donors (Lipinski definition) is 0. The SMILES string of the molecule is CN1CC2(CCN(S(=O)(=O)c3cc4ccccc4s3)CC2)CC1=O. The van der Waals surface area contributed by atoms with E-state index in [0.29, 0.717) is 23.7 Å². The molecule has 0 radical (unpaired) electrons. The summed E-state index contributed by atoms with van der Waals surface area (Å²) in [5.41, 5.74) is -0.0297. The number of hydrogen-bond acceptors (Lipinski definition) is 4. The van der Waals surface area contributed by atoms with Crippen LogP contribution in [-0.4, -0.2) is 50.2 Å². The Balaban J connectivity index is 1.55. The van der Waals surface area contributed by atoms with Gasteiger partial charge in [0.05, 0.1) is 0 Å². The van der Waals surface area contributed by atoms with Crippen LogP contribution >= 0.6 is 11.3 Å². The topological polar surface area (TPSA) is 57.7 Å². The molecule has 0 bridgehead atoms. The second kappa shape index (κ2) is 5.54. The van der Waals surface area contributed by atoms with Gasteiger partial charge in [-0.3, -0.25) is 4.79 Å². The molecule has 0 atom stereocenters. The van der Waals surface area contributed by atoms with E-state index in [-0.39, 0.29) is 11.3 Å². The average molecular weight is 364 g/mol. The van der Waals surface area contributed by atoms with Crippen LogP contribution in [0.25, 0.3) is 10.1 Å². The first kappa shape index (κ1) is 16.1. The first-order valence-electron chi connectivity index (χ1n) is 8.12. The summed E-state index contributed by atoms with van der Waals surface area (Å²) >= 11 is 1.33. The van der Waals surface area contributed by atoms with Crippen LogP contribution in [0.4, 0.5) is 0 Å². The zero-order valence-electron chi connectivity index (χ0n) is 13.6. The minimum atomic E-state index is -3.44. The molecule has 0 unspecified atom stereocenters. The largest absolute Gasteiger partial charge is 0.345 e. The summed E-state index contributed by atoms with van der Waals surface area (Å²) in [6.45, 7) is 1.75. The summed E-state index contributed by atoms with van der Waals surface area (Å²) in [4.78, 5) is 13.6. The molecule has 3 heterocycles. The van der Waals surface area contributed by atoms with Crippen LogP contribution in [0, 0.1) is 5.41 Å². The lowest BCUT2D eigenvalue weighted by Crippen LogP contribution is -2.43. The molecule has 5 nitrogen and oxygen atoms in total. The number of amides is 1. The molecule has 4 rings (SSSR count). The summed E-state index contributed by atoms with van der Waals surface area (Å²) in [6.07, 6.45) is 2.07. The molecule has 0 aliphatic carbocycles. The van der Waals surface area contributed by atoms with Gasteiger partial charge in [0, 0.05) is 37.8 Å². The van der Waals surface area contributed by atoms with Crippen molar-refractivity contribution in [1.82, 2.24) is 9.21 Å². The second-order valence-electron chi connectivity index (χ2n) is 6.93. The van der Waals surface area contributed by atoms with Gasteiger partial charge in [-0.15, -0.1) is 11.3 Å². The molecule has 1 spiro atoms. The van der Waals surface area contributed by atoms with E-state index in [2.05, 4.69) is 0 Å². The van der Waals surface area contributed by atoms with Crippen molar-refractivity contribution in [1.29, 1.82) is 0 Å². The summed E-state index contributed by atoms with van der Waals surface area (Å²) in [5.74, 6) is 0.177. The third-order valence-electron chi connectivity index (χ3n) is 5.30. The lowest BCUT2D eigenvalue weighted by molar-refractivity contribution is -0.126. The summed E-state index contributed by atoms with van der Waals surface area (Å²) in [7, 11) is -1.61. The van der Waals surface area contributed by atoms with Gasteiger partial charge in [0.1, 0.15) is 4.21 Å². The number of sulfonamides is 1. The van der Waals surface area contributed by atoms with E-state index in [1.807, 2.05) is 31.3 Å². The maximum Gasteiger partial charge on any atom is 0.252 e. The molecular weight excluding hydrogens is 344 g/mol. The Morgan fingerprint density at radius 3 is 2.50 bits per heavy atom. The lowest BCUT2D eigenvalue weighted by Gasteiger charge is -2.37. The minimum absolute atomic E-state index is 0.0297. The van der Waals surface area contributed by atoms with E-state index >= 15 is 0 Å². The highest BCUT2D eigenvalue weighted by molar-refractivity contribution is 7.91. The summed E-state index contributed by atoms with van der Waals surface area (Å²) in [5, 5.41) is 0.970. The van der Waals surface area contributed by atoms with E-state index in [1.165, 1.54) is 11.3 Å². The van der Waals surface area contributed by atoms with Gasteiger partial charge in [-0.1, -0.05) is 18.2 Å². The van der Waals surface area contributed by atoms with E-state index in [0.717, 1.165) is 29.5 Å². The van der Waals surface area contributed by atoms with Gasteiger partial charge in [0.2, 0.25) is 5.91 Å². The number of rotatable bonds is 2. The highest BCUT2D eigenvalue weighted by Gasteiger charge is 2.45. The first-order chi connectivity index (χ1) is 11.4. The normalized spacial score (nSPS) is 21.9. The standard InChI is InChI=1S/C17H20N2O3S2/c1-18-12-17(11-15(18)20)6-8-19(9-7-17)24(21,22)16-10-13-4-2-3-5-14(13)23-16/h2-5,10H,6-9,11-12H2,1H3. The molecule has 2 aromatic rings. The average Bonchev–Trinajstić information content (AvgIpc) is 3.10. The molecule has 2 aliphatic rings. The molecule has 1 aromatic carbocycles. The highest BCUT2D eigenvalue weighted by Crippen LogP contribution is 2.42. The highest BCUT2D eigenvalue weighted by atomic mass is 32.2. The molecule has 1 aromatic heterocycles. The lowest BCUT2D eigenvalue weighted by atomic mass is 9.78. The van der Waals surface area contributed by atoms with Crippen molar-refractivity contribution >= 4 is 37.4 Å². The van der Waals surface area contributed by atoms with Crippen LogP contribution in [-0.2, 0) is 14.8 Å². The Morgan fingerprint density at radius 1 is 1.17 bits per heavy atom. The van der Waals surface area contributed by atoms with E-state index < -0.39 is 10.0 Å². The number of fused-ring (bicyclic) bond motifs is 1. The van der Waals surface area contributed by atoms with Crippen molar-refractivity contribution in [2.24, 2.45) is 5.41 Å². The maximum absolute atomic E-state index is 12.9. The number of piperidine rings is 1.